The Bertz CT molecular complexity index is 599. The van der Waals surface area contributed by atoms with Gasteiger partial charge in [-0.15, -0.1) is 0 Å². The number of fused-ring (bicyclic) bond motifs is 1. The van der Waals surface area contributed by atoms with Crippen molar-refractivity contribution in [1.29, 1.82) is 0 Å². The third-order valence-electron chi connectivity index (χ3n) is 4.18. The highest BCUT2D eigenvalue weighted by molar-refractivity contribution is 6.29. The second kappa shape index (κ2) is 7.17. The van der Waals surface area contributed by atoms with Gasteiger partial charge in [-0.2, -0.15) is 0 Å². The van der Waals surface area contributed by atoms with E-state index >= 15 is 0 Å². The van der Waals surface area contributed by atoms with Crippen LogP contribution in [0.5, 0.6) is 0 Å². The van der Waals surface area contributed by atoms with Gasteiger partial charge in [0.25, 0.3) is 5.91 Å². The molecule has 2 rings (SSSR count). The number of nitrogens with one attached hydrogen (secondary N) is 2. The van der Waals surface area contributed by atoms with Crippen LogP contribution in [0.25, 0.3) is 0 Å². The topological polar surface area (TPSA) is 79.3 Å². The summed E-state index contributed by atoms with van der Waals surface area (Å²) in [5, 5.41) is 5.46. The second-order valence-corrected chi connectivity index (χ2v) is 6.61. The van der Waals surface area contributed by atoms with Crippen LogP contribution in [0.1, 0.15) is 36.5 Å². The van der Waals surface area contributed by atoms with Crippen LogP contribution in [-0.4, -0.2) is 60.8 Å². The van der Waals surface area contributed by atoms with Crippen LogP contribution in [-0.2, 0) is 17.9 Å². The highest BCUT2D eigenvalue weighted by Crippen LogP contribution is 2.14. The molecule has 1 aliphatic rings. The molecule has 1 aromatic heterocycles. The number of aromatic nitrogens is 2. The first kappa shape index (κ1) is 17.5. The summed E-state index contributed by atoms with van der Waals surface area (Å²) in [4.78, 5) is 31.3. The van der Waals surface area contributed by atoms with E-state index in [1.165, 1.54) is 0 Å². The summed E-state index contributed by atoms with van der Waals surface area (Å²) in [6.07, 6.45) is 0.598. The molecule has 0 bridgehead atoms. The van der Waals surface area contributed by atoms with Gasteiger partial charge in [0.1, 0.15) is 11.7 Å². The molecule has 1 aromatic rings. The van der Waals surface area contributed by atoms with Gasteiger partial charge in [0.2, 0.25) is 5.91 Å². The summed E-state index contributed by atoms with van der Waals surface area (Å²) in [7, 11) is 5.52. The number of imidazole rings is 1. The van der Waals surface area contributed by atoms with Crippen molar-refractivity contribution in [3.05, 3.63) is 11.4 Å². The number of nitrogens with zero attached hydrogens (tertiary/aromatic N) is 3. The van der Waals surface area contributed by atoms with E-state index in [1.807, 2.05) is 28.7 Å². The van der Waals surface area contributed by atoms with Crippen molar-refractivity contribution in [2.24, 2.45) is 5.92 Å². The van der Waals surface area contributed by atoms with Crippen LogP contribution >= 0.6 is 0 Å². The summed E-state index contributed by atoms with van der Waals surface area (Å²) in [5.74, 6) is -0.137. The predicted molar refractivity (Wildman–Crippen MR) is 91.5 cm³/mol. The molecule has 0 saturated carbocycles. The first-order valence-electron chi connectivity index (χ1n) is 8.10. The Morgan fingerprint density at radius 1 is 1.35 bits per heavy atom. The number of likely N-dealkylation sites (N-methyl/N-ethyl adjacent to an activating group) is 2. The lowest BCUT2D eigenvalue weighted by Crippen LogP contribution is -2.46. The summed E-state index contributed by atoms with van der Waals surface area (Å²) < 4.78 is 2.09. The molecule has 2 heterocycles. The van der Waals surface area contributed by atoms with Gasteiger partial charge < -0.3 is 15.2 Å². The predicted octanol–water partition coefficient (Wildman–Crippen LogP) is -1.52. The minimum absolute atomic E-state index is 0.172. The van der Waals surface area contributed by atoms with Gasteiger partial charge >= 0.3 is 0 Å². The van der Waals surface area contributed by atoms with Crippen molar-refractivity contribution in [2.45, 2.75) is 39.4 Å². The third-order valence-corrected chi connectivity index (χ3v) is 4.18. The fraction of sp³-hybridized carbons (Fsp3) is 0.667. The van der Waals surface area contributed by atoms with E-state index < -0.39 is 6.04 Å². The maximum absolute atomic E-state index is 12.7. The van der Waals surface area contributed by atoms with Crippen LogP contribution in [0.4, 0.5) is 0 Å². The van der Waals surface area contributed by atoms with Crippen LogP contribution < -0.4 is 16.4 Å². The molecular formula is C15H26BN5O2. The van der Waals surface area contributed by atoms with E-state index in [4.69, 9.17) is 0 Å². The van der Waals surface area contributed by atoms with Crippen LogP contribution in [0.15, 0.2) is 0 Å². The van der Waals surface area contributed by atoms with Gasteiger partial charge in [0.05, 0.1) is 11.4 Å². The summed E-state index contributed by atoms with van der Waals surface area (Å²) in [6.45, 7) is 6.53. The molecule has 8 heteroatoms. The molecule has 126 valence electrons. The second-order valence-electron chi connectivity index (χ2n) is 6.61. The summed E-state index contributed by atoms with van der Waals surface area (Å²) in [5.41, 5.74) is 2.21. The molecule has 0 fully saturated rings. The van der Waals surface area contributed by atoms with Crippen LogP contribution in [0.3, 0.4) is 0 Å². The molecule has 1 aliphatic heterocycles. The average Bonchev–Trinajstić information content (AvgIpc) is 2.81. The van der Waals surface area contributed by atoms with Gasteiger partial charge in [-0.05, 0) is 19.4 Å². The Labute approximate surface area is 138 Å². The van der Waals surface area contributed by atoms with E-state index in [1.54, 1.807) is 7.05 Å². The van der Waals surface area contributed by atoms with Gasteiger partial charge in [-0.25, -0.2) is 4.98 Å². The molecule has 1 atom stereocenters. The molecule has 0 aromatic carbocycles. The molecule has 2 amide bonds. The quantitative estimate of drug-likeness (QED) is 0.646. The van der Waals surface area contributed by atoms with E-state index in [9.17, 15) is 9.59 Å². The maximum atomic E-state index is 12.7. The first-order valence-corrected chi connectivity index (χ1v) is 8.10. The molecular weight excluding hydrogens is 293 g/mol. The number of hydrogen-bond donors (Lipinski definition) is 2. The van der Waals surface area contributed by atoms with E-state index in [2.05, 4.69) is 25.1 Å². The molecule has 0 aliphatic carbocycles. The largest absolute Gasteiger partial charge is 0.357 e. The molecule has 0 radical (unpaired) electrons. The zero-order valence-electron chi connectivity index (χ0n) is 14.6. The zero-order valence-corrected chi connectivity index (χ0v) is 14.6. The number of carbonyl (C=O) groups is 2. The monoisotopic (exact) mass is 319 g/mol. The number of amides is 2. The lowest BCUT2D eigenvalue weighted by molar-refractivity contribution is -0.122. The molecule has 0 spiro atoms. The van der Waals surface area contributed by atoms with Gasteiger partial charge in [-0.1, -0.05) is 13.8 Å². The summed E-state index contributed by atoms with van der Waals surface area (Å²) in [6, 6.07) is -0.536. The maximum Gasteiger partial charge on any atom is 0.272 e. The van der Waals surface area contributed by atoms with Crippen molar-refractivity contribution in [1.82, 2.24) is 25.1 Å². The van der Waals surface area contributed by atoms with Crippen LogP contribution in [0.2, 0.25) is 0 Å². The van der Waals surface area contributed by atoms with Crippen molar-refractivity contribution < 1.29 is 9.59 Å². The number of carbonyl (C=O) groups excluding carboxylic acids is 2. The average molecular weight is 319 g/mol. The van der Waals surface area contributed by atoms with Crippen molar-refractivity contribution in [3.8, 4) is 0 Å². The Kier molecular flexibility index (Phi) is 5.46. The standard InChI is InChI=1S/C15H26BN5O2/c1-9(2)7-10(13(22)17-3)18-14(23)12-11-8-20(4)5-6-21(11)15(16)19-12/h9-10H,5-8,16H2,1-4H3,(H,17,22)(H,18,23)/t10-/m0/s1. The lowest BCUT2D eigenvalue weighted by Gasteiger charge is -2.25. The van der Waals surface area contributed by atoms with Crippen molar-refractivity contribution in [3.63, 3.8) is 0 Å². The smallest absolute Gasteiger partial charge is 0.272 e. The van der Waals surface area contributed by atoms with Crippen molar-refractivity contribution in [2.75, 3.05) is 20.6 Å². The number of rotatable bonds is 5. The van der Waals surface area contributed by atoms with E-state index in [-0.39, 0.29) is 11.8 Å². The zero-order chi connectivity index (χ0) is 17.1. The van der Waals surface area contributed by atoms with Crippen LogP contribution in [0, 0.1) is 5.92 Å². The minimum atomic E-state index is -0.536. The first-order chi connectivity index (χ1) is 10.8. The fourth-order valence-electron chi connectivity index (χ4n) is 2.96. The third kappa shape index (κ3) is 3.93. The normalized spacial score (nSPS) is 16.0. The Morgan fingerprint density at radius 3 is 2.65 bits per heavy atom. The van der Waals surface area contributed by atoms with E-state index in [0.29, 0.717) is 24.6 Å². The van der Waals surface area contributed by atoms with Gasteiger partial charge in [0, 0.05) is 26.7 Å². The Balaban J connectivity index is 2.21. The molecule has 7 nitrogen and oxygen atoms in total. The van der Waals surface area contributed by atoms with Gasteiger partial charge in [0.15, 0.2) is 7.85 Å². The summed E-state index contributed by atoms with van der Waals surface area (Å²) >= 11 is 0. The molecule has 0 saturated heterocycles. The number of hydrogen-bond acceptors (Lipinski definition) is 4. The SMILES string of the molecule is Bc1nc(C(=O)N[C@@H](CC(C)C)C(=O)NC)c2n1CCN(C)C2. The highest BCUT2D eigenvalue weighted by Gasteiger charge is 2.27. The van der Waals surface area contributed by atoms with Crippen molar-refractivity contribution >= 4 is 25.4 Å². The lowest BCUT2D eigenvalue weighted by atomic mass is 10.0. The highest BCUT2D eigenvalue weighted by atomic mass is 16.2. The molecule has 23 heavy (non-hydrogen) atoms. The van der Waals surface area contributed by atoms with Gasteiger partial charge in [-0.3, -0.25) is 14.5 Å². The minimum Gasteiger partial charge on any atom is -0.357 e. The fourth-order valence-corrected chi connectivity index (χ4v) is 2.96. The molecule has 0 unspecified atom stereocenters. The van der Waals surface area contributed by atoms with E-state index in [0.717, 1.165) is 24.5 Å². The Morgan fingerprint density at radius 2 is 2.04 bits per heavy atom. The Hall–Kier alpha value is -1.83. The molecule has 2 N–H and O–H groups in total.